The Kier molecular flexibility index (Phi) is 9.09. The highest BCUT2D eigenvalue weighted by Gasteiger charge is 2.71. The van der Waals surface area contributed by atoms with Gasteiger partial charge in [-0.05, 0) is 147 Å². The molecule has 1 aromatic carbocycles. The van der Waals surface area contributed by atoms with Gasteiger partial charge in [-0.2, -0.15) is 0 Å². The number of carbonyl (C=O) groups excluding carboxylic acids is 1. The summed E-state index contributed by atoms with van der Waals surface area (Å²) in [5, 5.41) is 30.8. The highest BCUT2D eigenvalue weighted by atomic mass is 79.9. The lowest BCUT2D eigenvalue weighted by molar-refractivity contribution is -0.232. The van der Waals surface area contributed by atoms with Crippen LogP contribution in [0.2, 0.25) is 0 Å². The van der Waals surface area contributed by atoms with E-state index < -0.39 is 28.9 Å². The van der Waals surface area contributed by atoms with Crippen LogP contribution in [0.5, 0.6) is 0 Å². The average Bonchev–Trinajstić information content (AvgIpc) is 3.66. The maximum absolute atomic E-state index is 13.1. The van der Waals surface area contributed by atoms with E-state index in [2.05, 4.69) is 69.5 Å². The number of carbonyl (C=O) groups is 2. The summed E-state index contributed by atoms with van der Waals surface area (Å²) in [6.07, 6.45) is 7.76. The lowest BCUT2D eigenvalue weighted by Gasteiger charge is -2.72. The Morgan fingerprint density at radius 2 is 1.63 bits per heavy atom. The van der Waals surface area contributed by atoms with E-state index >= 15 is 0 Å². The molecule has 9 atom stereocenters. The van der Waals surface area contributed by atoms with Gasteiger partial charge in [0.1, 0.15) is 6.10 Å². The first-order valence-electron chi connectivity index (χ1n) is 19.7. The number of esters is 1. The van der Waals surface area contributed by atoms with Gasteiger partial charge in [0, 0.05) is 15.5 Å². The molecule has 0 aliphatic heterocycles. The molecule has 284 valence electrons. The number of ether oxygens (including phenoxy) is 1. The van der Waals surface area contributed by atoms with Gasteiger partial charge in [-0.1, -0.05) is 64.4 Å². The zero-order chi connectivity index (χ0) is 37.8. The molecule has 0 bridgehead atoms. The molecule has 0 amide bonds. The van der Waals surface area contributed by atoms with E-state index in [0.717, 1.165) is 61.4 Å². The van der Waals surface area contributed by atoms with Gasteiger partial charge in [0.15, 0.2) is 0 Å². The lowest BCUT2D eigenvalue weighted by atomic mass is 9.33. The van der Waals surface area contributed by atoms with Crippen LogP contribution in [0.25, 0.3) is 11.5 Å². The molecule has 1 aromatic heterocycles. The molecule has 4 fully saturated rings. The Morgan fingerprint density at radius 3 is 2.29 bits per heavy atom. The van der Waals surface area contributed by atoms with Crippen LogP contribution in [0.15, 0.2) is 44.3 Å². The molecular formula is C43H59BrN2O6. The molecule has 5 aliphatic rings. The molecule has 0 spiro atoms. The van der Waals surface area contributed by atoms with Crippen molar-refractivity contribution >= 4 is 27.9 Å². The summed E-state index contributed by atoms with van der Waals surface area (Å²) >= 11 is 3.53. The van der Waals surface area contributed by atoms with Crippen molar-refractivity contribution in [3.63, 3.8) is 0 Å². The second-order valence-corrected chi connectivity index (χ2v) is 20.5. The Bertz CT molecular complexity index is 1780. The van der Waals surface area contributed by atoms with E-state index in [1.54, 1.807) is 13.8 Å². The van der Waals surface area contributed by atoms with Gasteiger partial charge in [-0.3, -0.25) is 9.59 Å². The summed E-state index contributed by atoms with van der Waals surface area (Å²) < 4.78 is 13.8. The van der Waals surface area contributed by atoms with Crippen molar-refractivity contribution in [1.29, 1.82) is 0 Å². The fourth-order valence-electron chi connectivity index (χ4n) is 13.1. The molecule has 0 radical (unpaired) electrons. The summed E-state index contributed by atoms with van der Waals surface area (Å²) in [6.45, 7) is 19.9. The van der Waals surface area contributed by atoms with E-state index in [-0.39, 0.29) is 40.1 Å². The minimum Gasteiger partial charge on any atom is -0.481 e. The van der Waals surface area contributed by atoms with Crippen molar-refractivity contribution in [2.45, 2.75) is 144 Å². The summed E-state index contributed by atoms with van der Waals surface area (Å²) in [6, 6.07) is 7.97. The molecule has 5 aliphatic carbocycles. The van der Waals surface area contributed by atoms with Gasteiger partial charge in [0.05, 0.1) is 23.4 Å². The smallest absolute Gasteiger partial charge is 0.309 e. The number of carboxylic acids is 1. The first-order chi connectivity index (χ1) is 24.2. The van der Waals surface area contributed by atoms with Gasteiger partial charge in [-0.15, -0.1) is 10.2 Å². The predicted molar refractivity (Wildman–Crippen MR) is 203 cm³/mol. The number of fused-ring (bicyclic) bond motifs is 7. The lowest BCUT2D eigenvalue weighted by Crippen LogP contribution is -2.66. The van der Waals surface area contributed by atoms with Crippen LogP contribution < -0.4 is 0 Å². The average molecular weight is 780 g/mol. The highest BCUT2D eigenvalue weighted by molar-refractivity contribution is 9.10. The fourth-order valence-corrected chi connectivity index (χ4v) is 13.3. The Labute approximate surface area is 318 Å². The standard InChI is InChI=1S/C43H59BrN2O6/c1-24(2)33-28(47)22-43(36-46-45-35(52-36)25-10-12-26(44)13-11-25)21-20-41(8)27(34(33)43)14-15-30-40(7)18-17-31(51-32(48)23-38(3,4)37(49)50)39(5,6)29(40)16-19-42(30,41)9/h10-13,24,27-31,47H,14-23H2,1-9H3,(H,49,50)/t27?,28-,29-,30+,31?,40-,41+,42+,43+/m0/s1. The zero-order valence-electron chi connectivity index (χ0n) is 32.6. The van der Waals surface area contributed by atoms with Crippen LogP contribution in [0.1, 0.15) is 132 Å². The Morgan fingerprint density at radius 1 is 0.942 bits per heavy atom. The molecule has 9 heteroatoms. The van der Waals surface area contributed by atoms with Crippen molar-refractivity contribution in [3.05, 3.63) is 45.8 Å². The fraction of sp³-hybridized carbons (Fsp3) is 0.721. The van der Waals surface area contributed by atoms with Crippen LogP contribution in [-0.4, -0.2) is 44.6 Å². The molecule has 7 rings (SSSR count). The monoisotopic (exact) mass is 778 g/mol. The molecule has 2 aromatic rings. The number of halogens is 1. The topological polar surface area (TPSA) is 123 Å². The molecule has 52 heavy (non-hydrogen) atoms. The van der Waals surface area contributed by atoms with Crippen LogP contribution in [0.4, 0.5) is 0 Å². The van der Waals surface area contributed by atoms with E-state index in [9.17, 15) is 19.8 Å². The number of benzene rings is 1. The number of carboxylic acid groups (broad SMARTS) is 1. The zero-order valence-corrected chi connectivity index (χ0v) is 34.2. The van der Waals surface area contributed by atoms with Crippen molar-refractivity contribution in [2.75, 3.05) is 0 Å². The van der Waals surface area contributed by atoms with Crippen LogP contribution in [-0.2, 0) is 19.7 Å². The molecule has 2 unspecified atom stereocenters. The number of aliphatic carboxylic acids is 1. The Balaban J connectivity index is 1.20. The van der Waals surface area contributed by atoms with Gasteiger partial charge >= 0.3 is 11.9 Å². The van der Waals surface area contributed by atoms with Gasteiger partial charge in [0.25, 0.3) is 0 Å². The Hall–Kier alpha value is -2.52. The third kappa shape index (κ3) is 5.43. The first-order valence-corrected chi connectivity index (χ1v) is 20.5. The van der Waals surface area contributed by atoms with Crippen molar-refractivity contribution in [1.82, 2.24) is 10.2 Å². The molecular weight excluding hydrogens is 720 g/mol. The third-order valence-corrected chi connectivity index (χ3v) is 16.5. The summed E-state index contributed by atoms with van der Waals surface area (Å²) in [5.41, 5.74) is 1.81. The van der Waals surface area contributed by atoms with Gasteiger partial charge in [-0.25, -0.2) is 0 Å². The minimum atomic E-state index is -1.16. The number of aliphatic hydroxyl groups excluding tert-OH is 1. The van der Waals surface area contributed by atoms with Crippen molar-refractivity contribution in [3.8, 4) is 11.5 Å². The van der Waals surface area contributed by atoms with Gasteiger partial charge < -0.3 is 19.4 Å². The predicted octanol–water partition coefficient (Wildman–Crippen LogP) is 9.94. The number of nitrogens with zero attached hydrogens (tertiary/aromatic N) is 2. The largest absolute Gasteiger partial charge is 0.481 e. The van der Waals surface area contributed by atoms with Crippen molar-refractivity contribution in [2.24, 2.45) is 50.7 Å². The van der Waals surface area contributed by atoms with E-state index in [1.807, 2.05) is 24.3 Å². The van der Waals surface area contributed by atoms with E-state index in [1.165, 1.54) is 11.1 Å². The van der Waals surface area contributed by atoms with Gasteiger partial charge in [0.2, 0.25) is 11.8 Å². The van der Waals surface area contributed by atoms with Crippen LogP contribution in [0.3, 0.4) is 0 Å². The number of aromatic nitrogens is 2. The normalized spacial score (nSPS) is 38.3. The van der Waals surface area contributed by atoms with E-state index in [4.69, 9.17) is 14.3 Å². The summed E-state index contributed by atoms with van der Waals surface area (Å²) in [5.74, 6) is 1.19. The quantitative estimate of drug-likeness (QED) is 0.210. The van der Waals surface area contributed by atoms with Crippen LogP contribution in [0, 0.1) is 50.7 Å². The first kappa shape index (κ1) is 37.8. The number of hydrogen-bond acceptors (Lipinski definition) is 7. The molecule has 4 saturated carbocycles. The second-order valence-electron chi connectivity index (χ2n) is 19.6. The summed E-state index contributed by atoms with van der Waals surface area (Å²) in [7, 11) is 0. The maximum Gasteiger partial charge on any atom is 0.309 e. The molecule has 1 heterocycles. The molecule has 2 N–H and O–H groups in total. The molecule has 0 saturated heterocycles. The number of hydrogen-bond donors (Lipinski definition) is 2. The SMILES string of the molecule is CC(C)C1=C2C3CC[C@@H]4[C@@]5(C)CCC(OC(=O)CC(C)(C)C(=O)O)C(C)(C)[C@@H]5CC[C@@]4(C)[C@]3(C)CC[C@@]2(c2nnc(-c3ccc(Br)cc3)o2)C[C@@H]1O. The molecule has 8 nitrogen and oxygen atoms in total. The van der Waals surface area contributed by atoms with Crippen molar-refractivity contribution < 1.29 is 29.0 Å². The maximum atomic E-state index is 13.1. The highest BCUT2D eigenvalue weighted by Crippen LogP contribution is 2.77. The third-order valence-electron chi connectivity index (χ3n) is 15.9. The second kappa shape index (κ2) is 12.5. The van der Waals surface area contributed by atoms with Crippen LogP contribution >= 0.6 is 15.9 Å². The van der Waals surface area contributed by atoms with E-state index in [0.29, 0.717) is 36.0 Å². The summed E-state index contributed by atoms with van der Waals surface area (Å²) in [4.78, 5) is 24.9. The minimum absolute atomic E-state index is 0.0252. The number of aliphatic hydroxyl groups is 1. The number of rotatable bonds is 7. The number of allylic oxidation sites excluding steroid dienone is 1.